The van der Waals surface area contributed by atoms with Crippen LogP contribution in [-0.2, 0) is 25.4 Å². The predicted octanol–water partition coefficient (Wildman–Crippen LogP) is 3.70. The lowest BCUT2D eigenvalue weighted by Gasteiger charge is -2.38. The molecule has 0 aromatic carbocycles. The van der Waals surface area contributed by atoms with Gasteiger partial charge in [0.2, 0.25) is 10.6 Å². The molecule has 2 aliphatic rings. The van der Waals surface area contributed by atoms with E-state index in [9.17, 15) is 14.0 Å². The second-order valence-corrected chi connectivity index (χ2v) is 10.3. The minimum Gasteiger partial charge on any atom is -0.461 e. The van der Waals surface area contributed by atoms with Crippen molar-refractivity contribution in [2.75, 3.05) is 46.2 Å². The Morgan fingerprint density at radius 2 is 1.41 bits per heavy atom. The molecule has 0 unspecified atom stereocenters. The van der Waals surface area contributed by atoms with E-state index in [4.69, 9.17) is 43.1 Å². The van der Waals surface area contributed by atoms with E-state index in [1.165, 1.54) is 0 Å². The largest absolute Gasteiger partial charge is 0.461 e. The highest BCUT2D eigenvalue weighted by atomic mass is 35.5. The van der Waals surface area contributed by atoms with Crippen molar-refractivity contribution in [2.24, 2.45) is 16.6 Å². The summed E-state index contributed by atoms with van der Waals surface area (Å²) in [4.78, 5) is 37.5. The number of halogens is 3. The zero-order valence-corrected chi connectivity index (χ0v) is 24.0. The third-order valence-corrected chi connectivity index (χ3v) is 6.14. The van der Waals surface area contributed by atoms with Crippen LogP contribution >= 0.6 is 23.2 Å². The number of aryl methyl sites for hydroxylation is 1. The quantitative estimate of drug-likeness (QED) is 0.354. The highest BCUT2D eigenvalue weighted by molar-refractivity contribution is 6.28. The standard InChI is InChI=1S/C13H17ClN2O3.C7H6ClFN2O2.C5H11NO/c1-3-19-11(17)10-9(6-15-12(14)16-10)4-5-13(2)7-18-8-13;1-2-13-6(12)5-4(9)3-10-7(8)11-5;1-5(2-6)3-7-4-5/h6H,3-5,7-8H2,1-2H3;3H,2H2,1H3;2-4,6H2,1H3. The fraction of sp³-hybridized carbons (Fsp3) is 0.600. The molecule has 216 valence electrons. The number of ether oxygens (including phenoxy) is 4. The minimum absolute atomic E-state index is 0.0602. The van der Waals surface area contributed by atoms with Crippen LogP contribution < -0.4 is 5.73 Å². The molecule has 39 heavy (non-hydrogen) atoms. The van der Waals surface area contributed by atoms with Crippen LogP contribution in [-0.4, -0.2) is 78.1 Å². The summed E-state index contributed by atoms with van der Waals surface area (Å²) in [6, 6.07) is 0. The van der Waals surface area contributed by atoms with Crippen LogP contribution in [0.15, 0.2) is 12.4 Å². The van der Waals surface area contributed by atoms with Crippen molar-refractivity contribution in [2.45, 2.75) is 40.5 Å². The number of carbonyl (C=O) groups excluding carboxylic acids is 2. The van der Waals surface area contributed by atoms with Gasteiger partial charge in [-0.2, -0.15) is 0 Å². The van der Waals surface area contributed by atoms with Crippen molar-refractivity contribution < 1.29 is 32.9 Å². The van der Waals surface area contributed by atoms with Crippen molar-refractivity contribution in [1.82, 2.24) is 19.9 Å². The van der Waals surface area contributed by atoms with E-state index in [1.54, 1.807) is 20.0 Å². The first kappa shape index (κ1) is 32.7. The topological polar surface area (TPSA) is 149 Å². The Morgan fingerprint density at radius 1 is 0.923 bits per heavy atom. The minimum atomic E-state index is -0.845. The van der Waals surface area contributed by atoms with E-state index < -0.39 is 23.4 Å². The molecule has 0 saturated carbocycles. The van der Waals surface area contributed by atoms with Gasteiger partial charge in [-0.05, 0) is 49.9 Å². The van der Waals surface area contributed by atoms with Crippen LogP contribution in [0.5, 0.6) is 0 Å². The van der Waals surface area contributed by atoms with Gasteiger partial charge >= 0.3 is 11.9 Å². The van der Waals surface area contributed by atoms with Crippen molar-refractivity contribution in [1.29, 1.82) is 0 Å². The van der Waals surface area contributed by atoms with Gasteiger partial charge in [0, 0.05) is 29.1 Å². The second-order valence-electron chi connectivity index (χ2n) is 9.60. The maximum atomic E-state index is 12.9. The Morgan fingerprint density at radius 3 is 1.85 bits per heavy atom. The van der Waals surface area contributed by atoms with Crippen LogP contribution in [0.25, 0.3) is 0 Å². The van der Waals surface area contributed by atoms with E-state index in [0.717, 1.165) is 51.2 Å². The molecule has 14 heteroatoms. The predicted molar refractivity (Wildman–Crippen MR) is 141 cm³/mol. The molecule has 2 saturated heterocycles. The number of aromatic nitrogens is 4. The maximum absolute atomic E-state index is 12.9. The molecule has 0 atom stereocenters. The molecule has 0 spiro atoms. The van der Waals surface area contributed by atoms with Gasteiger partial charge in [0.1, 0.15) is 0 Å². The molecular formula is C25H34Cl2FN5O6. The van der Waals surface area contributed by atoms with Crippen LogP contribution in [0.3, 0.4) is 0 Å². The van der Waals surface area contributed by atoms with Gasteiger partial charge in [-0.25, -0.2) is 33.9 Å². The number of carbonyl (C=O) groups is 2. The smallest absolute Gasteiger partial charge is 0.360 e. The van der Waals surface area contributed by atoms with E-state index in [0.29, 0.717) is 18.4 Å². The lowest BCUT2D eigenvalue weighted by molar-refractivity contribution is -0.105. The molecule has 11 nitrogen and oxygen atoms in total. The third kappa shape index (κ3) is 10.2. The summed E-state index contributed by atoms with van der Waals surface area (Å²) in [6.45, 7) is 12.1. The lowest BCUT2D eigenvalue weighted by atomic mass is 9.82. The summed E-state index contributed by atoms with van der Waals surface area (Å²) >= 11 is 11.1. The Hall–Kier alpha value is -2.51. The molecule has 0 aliphatic carbocycles. The first-order chi connectivity index (χ1) is 18.5. The fourth-order valence-electron chi connectivity index (χ4n) is 3.23. The third-order valence-electron chi connectivity index (χ3n) is 5.78. The van der Waals surface area contributed by atoms with Crippen LogP contribution in [0.2, 0.25) is 10.6 Å². The zero-order chi connectivity index (χ0) is 29.1. The van der Waals surface area contributed by atoms with Crippen molar-refractivity contribution in [3.05, 3.63) is 45.7 Å². The molecule has 2 N–H and O–H groups in total. The van der Waals surface area contributed by atoms with E-state index in [-0.39, 0.29) is 28.3 Å². The summed E-state index contributed by atoms with van der Waals surface area (Å²) in [5.74, 6) is -2.14. The summed E-state index contributed by atoms with van der Waals surface area (Å²) in [5.41, 5.74) is 6.49. The molecule has 0 radical (unpaired) electrons. The Balaban J connectivity index is 0.000000229. The summed E-state index contributed by atoms with van der Waals surface area (Å²) < 4.78 is 32.5. The number of esters is 2. The second kappa shape index (κ2) is 15.3. The average Bonchev–Trinajstić information content (AvgIpc) is 2.87. The molecule has 0 bridgehead atoms. The van der Waals surface area contributed by atoms with E-state index in [1.807, 2.05) is 0 Å². The van der Waals surface area contributed by atoms with Crippen LogP contribution in [0.4, 0.5) is 4.39 Å². The number of nitrogens with two attached hydrogens (primary N) is 1. The van der Waals surface area contributed by atoms with Gasteiger partial charge in [-0.15, -0.1) is 0 Å². The summed E-state index contributed by atoms with van der Waals surface area (Å²) in [5, 5.41) is -0.130. The molecule has 4 rings (SSSR count). The summed E-state index contributed by atoms with van der Waals surface area (Å²) in [7, 11) is 0. The van der Waals surface area contributed by atoms with Crippen LogP contribution in [0.1, 0.15) is 60.7 Å². The van der Waals surface area contributed by atoms with E-state index >= 15 is 0 Å². The van der Waals surface area contributed by atoms with Gasteiger partial charge in [0.15, 0.2) is 17.2 Å². The zero-order valence-electron chi connectivity index (χ0n) is 22.5. The molecule has 2 aromatic heterocycles. The Bertz CT molecular complexity index is 1110. The van der Waals surface area contributed by atoms with Gasteiger partial charge in [-0.1, -0.05) is 13.8 Å². The van der Waals surface area contributed by atoms with Gasteiger partial charge in [0.05, 0.1) is 45.8 Å². The molecular weight excluding hydrogens is 556 g/mol. The maximum Gasteiger partial charge on any atom is 0.360 e. The first-order valence-electron chi connectivity index (χ1n) is 12.3. The fourth-order valence-corrected chi connectivity index (χ4v) is 3.50. The summed E-state index contributed by atoms with van der Waals surface area (Å²) in [6.07, 6.45) is 4.06. The highest BCUT2D eigenvalue weighted by Gasteiger charge is 2.33. The van der Waals surface area contributed by atoms with Crippen LogP contribution in [0, 0.1) is 16.6 Å². The van der Waals surface area contributed by atoms with Gasteiger partial charge < -0.3 is 24.7 Å². The molecule has 2 fully saturated rings. The van der Waals surface area contributed by atoms with Gasteiger partial charge in [0.25, 0.3) is 0 Å². The van der Waals surface area contributed by atoms with Crippen molar-refractivity contribution in [3.8, 4) is 0 Å². The molecule has 0 amide bonds. The monoisotopic (exact) mass is 589 g/mol. The average molecular weight is 590 g/mol. The normalized spacial score (nSPS) is 16.2. The Kier molecular flexibility index (Phi) is 12.8. The first-order valence-corrected chi connectivity index (χ1v) is 13.1. The number of rotatable bonds is 8. The molecule has 4 heterocycles. The Labute approximate surface area is 236 Å². The van der Waals surface area contributed by atoms with E-state index in [2.05, 4.69) is 38.5 Å². The lowest BCUT2D eigenvalue weighted by Crippen LogP contribution is -2.45. The SMILES string of the molecule is CC1(CN)COC1.CCOC(=O)c1nc(Cl)ncc1CCC1(C)COC1.CCOC(=O)c1nc(Cl)ncc1F. The number of nitrogens with zero attached hydrogens (tertiary/aromatic N) is 4. The molecule has 2 aliphatic heterocycles. The number of hydrogen-bond donors (Lipinski definition) is 1. The highest BCUT2D eigenvalue weighted by Crippen LogP contribution is 2.32. The molecule has 2 aromatic rings. The number of hydrogen-bond acceptors (Lipinski definition) is 11. The van der Waals surface area contributed by atoms with Crippen molar-refractivity contribution in [3.63, 3.8) is 0 Å². The van der Waals surface area contributed by atoms with Gasteiger partial charge in [-0.3, -0.25) is 0 Å². The van der Waals surface area contributed by atoms with Crippen molar-refractivity contribution >= 4 is 35.1 Å².